The Hall–Kier alpha value is -3.08. The number of ether oxygens (including phenoxy) is 1. The molecule has 0 N–H and O–H groups in total. The maximum Gasteiger partial charge on any atom is 0.340 e. The van der Waals surface area contributed by atoms with Crippen LogP contribution in [-0.4, -0.2) is 23.0 Å². The Balaban J connectivity index is 2.18. The van der Waals surface area contributed by atoms with Crippen LogP contribution in [0.25, 0.3) is 22.4 Å². The lowest BCUT2D eigenvalue weighted by Crippen LogP contribution is -2.06. The molecule has 24 heavy (non-hydrogen) atoms. The van der Waals surface area contributed by atoms with Crippen molar-refractivity contribution in [3.8, 4) is 22.4 Å². The fourth-order valence-corrected chi connectivity index (χ4v) is 2.47. The van der Waals surface area contributed by atoms with Crippen LogP contribution in [0.5, 0.6) is 0 Å². The lowest BCUT2D eigenvalue weighted by atomic mass is 10.0. The van der Waals surface area contributed by atoms with E-state index in [1.54, 1.807) is 42.9 Å². The van der Waals surface area contributed by atoms with E-state index in [0.29, 0.717) is 5.56 Å². The molecule has 2 aromatic heterocycles. The molecule has 0 aliphatic heterocycles. The lowest BCUT2D eigenvalue weighted by Gasteiger charge is -2.11. The maximum atomic E-state index is 14.1. The van der Waals surface area contributed by atoms with Crippen LogP contribution in [0.2, 0.25) is 0 Å². The number of nitrogens with zero attached hydrogens (tertiary/aromatic N) is 2. The number of hydrogen-bond donors (Lipinski definition) is 0. The third-order valence-corrected chi connectivity index (χ3v) is 3.63. The first-order valence-corrected chi connectivity index (χ1v) is 7.35. The molecule has 0 saturated carbocycles. The molecular formula is C19H15FN2O2. The summed E-state index contributed by atoms with van der Waals surface area (Å²) < 4.78 is 18.9. The average Bonchev–Trinajstić information content (AvgIpc) is 2.61. The third-order valence-electron chi connectivity index (χ3n) is 3.63. The van der Waals surface area contributed by atoms with Crippen LogP contribution < -0.4 is 0 Å². The first kappa shape index (κ1) is 15.8. The first-order valence-electron chi connectivity index (χ1n) is 7.35. The second kappa shape index (κ2) is 6.58. The van der Waals surface area contributed by atoms with Gasteiger partial charge in [-0.2, -0.15) is 0 Å². The molecular weight excluding hydrogens is 307 g/mol. The van der Waals surface area contributed by atoms with Crippen molar-refractivity contribution < 1.29 is 13.9 Å². The van der Waals surface area contributed by atoms with Gasteiger partial charge in [0.2, 0.25) is 0 Å². The van der Waals surface area contributed by atoms with Crippen LogP contribution in [0, 0.1) is 12.7 Å². The molecule has 3 aromatic rings. The van der Waals surface area contributed by atoms with Gasteiger partial charge in [0.05, 0.1) is 18.4 Å². The van der Waals surface area contributed by atoms with Crippen LogP contribution in [0.1, 0.15) is 15.9 Å². The summed E-state index contributed by atoms with van der Waals surface area (Å²) in [7, 11) is 1.29. The summed E-state index contributed by atoms with van der Waals surface area (Å²) in [6.07, 6.45) is 5.03. The number of benzene rings is 1. The van der Waals surface area contributed by atoms with Gasteiger partial charge in [0, 0.05) is 35.3 Å². The van der Waals surface area contributed by atoms with Crippen LogP contribution >= 0.6 is 0 Å². The average molecular weight is 322 g/mol. The van der Waals surface area contributed by atoms with Gasteiger partial charge in [-0.05, 0) is 36.8 Å². The molecule has 2 heterocycles. The first-order chi connectivity index (χ1) is 11.6. The van der Waals surface area contributed by atoms with E-state index in [1.165, 1.54) is 13.2 Å². The van der Waals surface area contributed by atoms with Gasteiger partial charge in [-0.3, -0.25) is 9.97 Å². The molecule has 0 spiro atoms. The molecule has 4 nitrogen and oxygen atoms in total. The third kappa shape index (κ3) is 3.01. The summed E-state index contributed by atoms with van der Waals surface area (Å²) in [4.78, 5) is 20.6. The van der Waals surface area contributed by atoms with Gasteiger partial charge in [0.15, 0.2) is 0 Å². The standard InChI is InChI=1S/C19H15FN2O2/c1-12-7-13(10-21-9-12)14-8-16(19(23)24-2)18(22-11-14)15-5-3-4-6-17(15)20/h3-11H,1-2H3. The maximum absolute atomic E-state index is 14.1. The van der Waals surface area contributed by atoms with E-state index in [-0.39, 0.29) is 16.8 Å². The van der Waals surface area contributed by atoms with Gasteiger partial charge >= 0.3 is 5.97 Å². The number of hydrogen-bond acceptors (Lipinski definition) is 4. The Morgan fingerprint density at radius 1 is 1.08 bits per heavy atom. The van der Waals surface area contributed by atoms with E-state index >= 15 is 0 Å². The van der Waals surface area contributed by atoms with Crippen molar-refractivity contribution in [3.05, 3.63) is 71.9 Å². The Morgan fingerprint density at radius 2 is 1.83 bits per heavy atom. The van der Waals surface area contributed by atoms with Crippen LogP contribution in [-0.2, 0) is 4.74 Å². The zero-order valence-electron chi connectivity index (χ0n) is 13.3. The summed E-state index contributed by atoms with van der Waals surface area (Å²) in [6.45, 7) is 1.93. The number of pyridine rings is 2. The highest BCUT2D eigenvalue weighted by Gasteiger charge is 2.18. The molecule has 0 atom stereocenters. The van der Waals surface area contributed by atoms with Gasteiger partial charge in [0.1, 0.15) is 5.82 Å². The molecule has 0 unspecified atom stereocenters. The predicted molar refractivity (Wildman–Crippen MR) is 88.9 cm³/mol. The van der Waals surface area contributed by atoms with Crippen molar-refractivity contribution in [1.29, 1.82) is 0 Å². The Kier molecular flexibility index (Phi) is 4.33. The van der Waals surface area contributed by atoms with E-state index < -0.39 is 11.8 Å². The second-order valence-electron chi connectivity index (χ2n) is 5.34. The van der Waals surface area contributed by atoms with Crippen molar-refractivity contribution >= 4 is 5.97 Å². The SMILES string of the molecule is COC(=O)c1cc(-c2cncc(C)c2)cnc1-c1ccccc1F. The Bertz CT molecular complexity index is 909. The summed E-state index contributed by atoms with van der Waals surface area (Å²) in [5.74, 6) is -1.01. The van der Waals surface area contributed by atoms with Crippen molar-refractivity contribution in [2.45, 2.75) is 6.92 Å². The monoisotopic (exact) mass is 322 g/mol. The molecule has 0 aliphatic rings. The quantitative estimate of drug-likeness (QED) is 0.683. The largest absolute Gasteiger partial charge is 0.465 e. The highest BCUT2D eigenvalue weighted by Crippen LogP contribution is 2.28. The van der Waals surface area contributed by atoms with Gasteiger partial charge in [-0.1, -0.05) is 12.1 Å². The minimum Gasteiger partial charge on any atom is -0.465 e. The molecule has 0 aliphatic carbocycles. The zero-order chi connectivity index (χ0) is 17.1. The predicted octanol–water partition coefficient (Wildman–Crippen LogP) is 4.04. The highest BCUT2D eigenvalue weighted by molar-refractivity contribution is 5.97. The summed E-state index contributed by atoms with van der Waals surface area (Å²) in [6, 6.07) is 9.78. The molecule has 3 rings (SSSR count). The van der Waals surface area contributed by atoms with Crippen LogP contribution in [0.15, 0.2) is 55.0 Å². The number of rotatable bonds is 3. The number of esters is 1. The minimum atomic E-state index is -0.566. The topological polar surface area (TPSA) is 52.1 Å². The molecule has 0 fully saturated rings. The Labute approximate surface area is 139 Å². The number of carbonyl (C=O) groups excluding carboxylic acids is 1. The summed E-state index contributed by atoms with van der Waals surface area (Å²) >= 11 is 0. The smallest absolute Gasteiger partial charge is 0.340 e. The molecule has 0 bridgehead atoms. The zero-order valence-corrected chi connectivity index (χ0v) is 13.3. The molecule has 0 radical (unpaired) electrons. The summed E-state index contributed by atoms with van der Waals surface area (Å²) in [5, 5.41) is 0. The molecule has 0 saturated heterocycles. The fraction of sp³-hybridized carbons (Fsp3) is 0.105. The number of aryl methyl sites for hydroxylation is 1. The normalized spacial score (nSPS) is 10.5. The number of carbonyl (C=O) groups is 1. The van der Waals surface area contributed by atoms with Crippen molar-refractivity contribution in [2.75, 3.05) is 7.11 Å². The highest BCUT2D eigenvalue weighted by atomic mass is 19.1. The second-order valence-corrected chi connectivity index (χ2v) is 5.34. The van der Waals surface area contributed by atoms with E-state index in [4.69, 9.17) is 4.74 Å². The van der Waals surface area contributed by atoms with Gasteiger partial charge in [-0.25, -0.2) is 9.18 Å². The van der Waals surface area contributed by atoms with E-state index in [9.17, 15) is 9.18 Å². The van der Waals surface area contributed by atoms with Crippen LogP contribution in [0.4, 0.5) is 4.39 Å². The van der Waals surface area contributed by atoms with E-state index in [2.05, 4.69) is 9.97 Å². The molecule has 0 amide bonds. The van der Waals surface area contributed by atoms with Gasteiger partial charge < -0.3 is 4.74 Å². The van der Waals surface area contributed by atoms with Gasteiger partial charge in [-0.15, -0.1) is 0 Å². The van der Waals surface area contributed by atoms with Crippen molar-refractivity contribution in [3.63, 3.8) is 0 Å². The van der Waals surface area contributed by atoms with Crippen molar-refractivity contribution in [2.24, 2.45) is 0 Å². The van der Waals surface area contributed by atoms with E-state index in [0.717, 1.165) is 11.1 Å². The van der Waals surface area contributed by atoms with Crippen molar-refractivity contribution in [1.82, 2.24) is 9.97 Å². The lowest BCUT2D eigenvalue weighted by molar-refractivity contribution is 0.0601. The fourth-order valence-electron chi connectivity index (χ4n) is 2.47. The summed E-state index contributed by atoms with van der Waals surface area (Å²) in [5.41, 5.74) is 3.25. The number of aromatic nitrogens is 2. The molecule has 5 heteroatoms. The van der Waals surface area contributed by atoms with E-state index in [1.807, 2.05) is 13.0 Å². The number of halogens is 1. The Morgan fingerprint density at radius 3 is 2.54 bits per heavy atom. The number of methoxy groups -OCH3 is 1. The molecule has 1 aromatic carbocycles. The minimum absolute atomic E-state index is 0.210. The van der Waals surface area contributed by atoms with Crippen LogP contribution in [0.3, 0.4) is 0 Å². The molecule has 120 valence electrons. The van der Waals surface area contributed by atoms with Gasteiger partial charge in [0.25, 0.3) is 0 Å².